The topological polar surface area (TPSA) is 71.1 Å². The van der Waals surface area contributed by atoms with E-state index in [1.54, 1.807) is 42.5 Å². The van der Waals surface area contributed by atoms with Gasteiger partial charge in [-0.15, -0.1) is 11.3 Å². The smallest absolute Gasteiger partial charge is 0.246 e. The Hall–Kier alpha value is -3.51. The zero-order valence-electron chi connectivity index (χ0n) is 16.7. The van der Waals surface area contributed by atoms with Crippen LogP contribution in [0.2, 0.25) is 0 Å². The number of anilines is 2. The summed E-state index contributed by atoms with van der Waals surface area (Å²) >= 11 is 1.66. The van der Waals surface area contributed by atoms with Crippen LogP contribution in [0.1, 0.15) is 24.2 Å². The summed E-state index contributed by atoms with van der Waals surface area (Å²) < 4.78 is 1.16. The van der Waals surface area contributed by atoms with E-state index in [2.05, 4.69) is 21.7 Å². The molecule has 0 bridgehead atoms. The summed E-state index contributed by atoms with van der Waals surface area (Å²) in [5.74, 6) is -0.155. The van der Waals surface area contributed by atoms with Gasteiger partial charge < -0.3 is 10.6 Å². The van der Waals surface area contributed by atoms with Crippen LogP contribution < -0.4 is 10.6 Å². The number of hydrogen-bond acceptors (Lipinski definition) is 5. The number of amides is 1. The number of carbonyl (C=O) groups excluding carboxylic acids is 2. The number of para-hydroxylation sites is 1. The van der Waals surface area contributed by atoms with Gasteiger partial charge in [-0.05, 0) is 74.5 Å². The van der Waals surface area contributed by atoms with Crippen molar-refractivity contribution >= 4 is 44.6 Å². The molecule has 2 N–H and O–H groups in total. The summed E-state index contributed by atoms with van der Waals surface area (Å²) in [5, 5.41) is 7.05. The van der Waals surface area contributed by atoms with Gasteiger partial charge in [0.25, 0.3) is 0 Å². The van der Waals surface area contributed by atoms with Crippen molar-refractivity contribution in [2.45, 2.75) is 19.9 Å². The molecule has 0 aliphatic heterocycles. The van der Waals surface area contributed by atoms with E-state index in [1.165, 1.54) is 6.92 Å². The van der Waals surface area contributed by atoms with E-state index in [1.807, 2.05) is 42.5 Å². The summed E-state index contributed by atoms with van der Waals surface area (Å²) in [5.41, 5.74) is 4.18. The van der Waals surface area contributed by atoms with Crippen molar-refractivity contribution in [3.8, 4) is 10.6 Å². The second-order valence-electron chi connectivity index (χ2n) is 7.05. The SMILES string of the molecule is CC(=O)c1ccc(NC(=O)[C@@H](C)Nc2ccc(-c3nc4ccccc4s3)cc2)cc1. The normalized spacial score (nSPS) is 11.8. The van der Waals surface area contributed by atoms with Gasteiger partial charge in [0, 0.05) is 22.5 Å². The molecule has 0 unspecified atom stereocenters. The number of thiazole rings is 1. The van der Waals surface area contributed by atoms with Crippen LogP contribution in [0.4, 0.5) is 11.4 Å². The van der Waals surface area contributed by atoms with Crippen LogP contribution >= 0.6 is 11.3 Å². The molecule has 0 radical (unpaired) electrons. The minimum atomic E-state index is -0.425. The molecule has 0 saturated carbocycles. The summed E-state index contributed by atoms with van der Waals surface area (Å²) in [6.45, 7) is 3.32. The summed E-state index contributed by atoms with van der Waals surface area (Å²) in [4.78, 5) is 28.5. The molecule has 6 heteroatoms. The highest BCUT2D eigenvalue weighted by molar-refractivity contribution is 7.21. The zero-order valence-corrected chi connectivity index (χ0v) is 17.5. The zero-order chi connectivity index (χ0) is 21.1. The fraction of sp³-hybridized carbons (Fsp3) is 0.125. The van der Waals surface area contributed by atoms with Crippen molar-refractivity contribution in [1.82, 2.24) is 4.98 Å². The van der Waals surface area contributed by atoms with Gasteiger partial charge in [0.15, 0.2) is 5.78 Å². The Labute approximate surface area is 178 Å². The van der Waals surface area contributed by atoms with E-state index in [4.69, 9.17) is 0 Å². The highest BCUT2D eigenvalue weighted by atomic mass is 32.1. The first kappa shape index (κ1) is 19.8. The first-order chi connectivity index (χ1) is 14.5. The first-order valence-corrected chi connectivity index (χ1v) is 10.5. The van der Waals surface area contributed by atoms with Gasteiger partial charge in [0.2, 0.25) is 5.91 Å². The quantitative estimate of drug-likeness (QED) is 0.402. The van der Waals surface area contributed by atoms with Gasteiger partial charge >= 0.3 is 0 Å². The number of benzene rings is 3. The molecule has 1 amide bonds. The highest BCUT2D eigenvalue weighted by Crippen LogP contribution is 2.30. The summed E-state index contributed by atoms with van der Waals surface area (Å²) in [7, 11) is 0. The lowest BCUT2D eigenvalue weighted by Crippen LogP contribution is -2.31. The Kier molecular flexibility index (Phi) is 5.59. The van der Waals surface area contributed by atoms with E-state index >= 15 is 0 Å². The third-order valence-electron chi connectivity index (χ3n) is 4.76. The lowest BCUT2D eigenvalue weighted by molar-refractivity contribution is -0.116. The monoisotopic (exact) mass is 415 g/mol. The van der Waals surface area contributed by atoms with E-state index in [0.717, 1.165) is 26.5 Å². The molecule has 4 rings (SSSR count). The highest BCUT2D eigenvalue weighted by Gasteiger charge is 2.13. The lowest BCUT2D eigenvalue weighted by Gasteiger charge is -2.15. The van der Waals surface area contributed by atoms with Crippen molar-refractivity contribution in [3.63, 3.8) is 0 Å². The number of rotatable bonds is 6. The lowest BCUT2D eigenvalue weighted by atomic mass is 10.1. The maximum Gasteiger partial charge on any atom is 0.246 e. The first-order valence-electron chi connectivity index (χ1n) is 9.64. The third kappa shape index (κ3) is 4.39. The molecule has 3 aromatic carbocycles. The van der Waals surface area contributed by atoms with Crippen LogP contribution in [0.25, 0.3) is 20.8 Å². The van der Waals surface area contributed by atoms with Crippen LogP contribution in [0, 0.1) is 0 Å². The molecule has 1 heterocycles. The molecule has 1 aromatic heterocycles. The average molecular weight is 416 g/mol. The van der Waals surface area contributed by atoms with Crippen LogP contribution in [0.3, 0.4) is 0 Å². The molecule has 0 fully saturated rings. The Morgan fingerprint density at radius 2 is 1.57 bits per heavy atom. The van der Waals surface area contributed by atoms with Gasteiger partial charge in [-0.1, -0.05) is 12.1 Å². The molecular formula is C24H21N3O2S. The number of fused-ring (bicyclic) bond motifs is 1. The molecule has 0 spiro atoms. The molecule has 150 valence electrons. The number of nitrogens with zero attached hydrogens (tertiary/aromatic N) is 1. The molecular weight excluding hydrogens is 394 g/mol. The second-order valence-corrected chi connectivity index (χ2v) is 8.08. The molecule has 0 aliphatic carbocycles. The number of nitrogens with one attached hydrogen (secondary N) is 2. The van der Waals surface area contributed by atoms with Gasteiger partial charge in [-0.3, -0.25) is 9.59 Å². The van der Waals surface area contributed by atoms with E-state index in [9.17, 15) is 9.59 Å². The van der Waals surface area contributed by atoms with Crippen LogP contribution in [0.15, 0.2) is 72.8 Å². The van der Waals surface area contributed by atoms with Crippen molar-refractivity contribution in [1.29, 1.82) is 0 Å². The predicted molar refractivity (Wildman–Crippen MR) is 123 cm³/mol. The molecule has 1 atom stereocenters. The Bertz CT molecular complexity index is 1160. The molecule has 0 saturated heterocycles. The molecule has 5 nitrogen and oxygen atoms in total. The number of Topliss-reactive ketones (excluding diaryl/α,β-unsaturated/α-hetero) is 1. The minimum absolute atomic E-state index is 0.00259. The van der Waals surface area contributed by atoms with E-state index in [-0.39, 0.29) is 11.7 Å². The number of hydrogen-bond donors (Lipinski definition) is 2. The fourth-order valence-electron chi connectivity index (χ4n) is 3.06. The van der Waals surface area contributed by atoms with Crippen molar-refractivity contribution in [2.75, 3.05) is 10.6 Å². The Balaban J connectivity index is 1.39. The van der Waals surface area contributed by atoms with Crippen molar-refractivity contribution in [2.24, 2.45) is 0 Å². The maximum absolute atomic E-state index is 12.5. The summed E-state index contributed by atoms with van der Waals surface area (Å²) in [6.07, 6.45) is 0. The Morgan fingerprint density at radius 1 is 0.900 bits per heavy atom. The average Bonchev–Trinajstić information content (AvgIpc) is 3.19. The number of ketones is 1. The van der Waals surface area contributed by atoms with Gasteiger partial charge in [-0.2, -0.15) is 0 Å². The van der Waals surface area contributed by atoms with Crippen LogP contribution in [-0.4, -0.2) is 22.7 Å². The van der Waals surface area contributed by atoms with E-state index < -0.39 is 6.04 Å². The van der Waals surface area contributed by atoms with Gasteiger partial charge in [0.05, 0.1) is 10.2 Å². The van der Waals surface area contributed by atoms with E-state index in [0.29, 0.717) is 11.3 Å². The van der Waals surface area contributed by atoms with Gasteiger partial charge in [0.1, 0.15) is 11.0 Å². The Morgan fingerprint density at radius 3 is 2.23 bits per heavy atom. The second kappa shape index (κ2) is 8.47. The molecule has 30 heavy (non-hydrogen) atoms. The number of carbonyl (C=O) groups is 2. The van der Waals surface area contributed by atoms with Gasteiger partial charge in [-0.25, -0.2) is 4.98 Å². The van der Waals surface area contributed by atoms with Crippen molar-refractivity contribution in [3.05, 3.63) is 78.4 Å². The van der Waals surface area contributed by atoms with Crippen molar-refractivity contribution < 1.29 is 9.59 Å². The molecule has 4 aromatic rings. The largest absolute Gasteiger partial charge is 0.374 e. The number of aromatic nitrogens is 1. The minimum Gasteiger partial charge on any atom is -0.374 e. The standard InChI is InChI=1S/C24H21N3O2S/c1-15(23(29)26-20-11-7-17(8-12-20)16(2)28)25-19-13-9-18(10-14-19)24-27-21-5-3-4-6-22(21)30-24/h3-15,25H,1-2H3,(H,26,29)/t15-/m1/s1. The molecule has 0 aliphatic rings. The summed E-state index contributed by atoms with van der Waals surface area (Å²) in [6, 6.07) is 22.4. The van der Waals surface area contributed by atoms with Crippen LogP contribution in [-0.2, 0) is 4.79 Å². The van der Waals surface area contributed by atoms with Crippen LogP contribution in [0.5, 0.6) is 0 Å². The maximum atomic E-state index is 12.5. The predicted octanol–water partition coefficient (Wildman–Crippen LogP) is 5.61. The fourth-order valence-corrected chi connectivity index (χ4v) is 4.03. The third-order valence-corrected chi connectivity index (χ3v) is 5.85.